The third-order valence-corrected chi connectivity index (χ3v) is 3.98. The lowest BCUT2D eigenvalue weighted by atomic mass is 10.2. The zero-order valence-corrected chi connectivity index (χ0v) is 12.7. The molecule has 1 amide bonds. The zero-order chi connectivity index (χ0) is 14.8. The minimum atomic E-state index is -0.354. The number of halogens is 2. The summed E-state index contributed by atoms with van der Waals surface area (Å²) < 4.78 is 5.92. The van der Waals surface area contributed by atoms with Crippen molar-refractivity contribution in [3.05, 3.63) is 50.6 Å². The van der Waals surface area contributed by atoms with Crippen LogP contribution in [0, 0.1) is 0 Å². The number of carbonyl (C=O) groups is 1. The highest BCUT2D eigenvalue weighted by Gasteiger charge is 2.14. The molecule has 0 spiro atoms. The molecule has 2 heterocycles. The van der Waals surface area contributed by atoms with Crippen LogP contribution in [0.5, 0.6) is 0 Å². The van der Waals surface area contributed by atoms with Gasteiger partial charge in [0.25, 0.3) is 5.91 Å². The molecule has 1 N–H and O–H groups in total. The van der Waals surface area contributed by atoms with E-state index in [0.717, 1.165) is 0 Å². The number of anilines is 1. The number of rotatable bonds is 3. The molecule has 21 heavy (non-hydrogen) atoms. The van der Waals surface area contributed by atoms with Crippen molar-refractivity contribution in [2.75, 3.05) is 5.32 Å². The summed E-state index contributed by atoms with van der Waals surface area (Å²) in [5.74, 6) is -0.0785. The van der Waals surface area contributed by atoms with Gasteiger partial charge in [-0.1, -0.05) is 34.4 Å². The molecule has 3 rings (SSSR count). The van der Waals surface area contributed by atoms with Gasteiger partial charge in [-0.05, 0) is 30.3 Å². The van der Waals surface area contributed by atoms with Gasteiger partial charge in [0, 0.05) is 10.6 Å². The number of carbonyl (C=O) groups excluding carboxylic acids is 1. The second kappa shape index (κ2) is 5.85. The molecule has 2 aromatic heterocycles. The molecule has 106 valence electrons. The number of hydrogen-bond donors (Lipinski definition) is 1. The normalized spacial score (nSPS) is 10.6. The second-order valence-electron chi connectivity index (χ2n) is 3.98. The molecule has 0 bridgehead atoms. The first-order valence-corrected chi connectivity index (χ1v) is 7.35. The Morgan fingerprint density at radius 3 is 2.76 bits per heavy atom. The van der Waals surface area contributed by atoms with E-state index in [9.17, 15) is 4.79 Å². The molecule has 0 saturated heterocycles. The molecule has 0 fully saturated rings. The first-order chi connectivity index (χ1) is 10.1. The topological polar surface area (TPSA) is 68.0 Å². The fraction of sp³-hybridized carbons (Fsp3) is 0. The van der Waals surface area contributed by atoms with Gasteiger partial charge in [0.05, 0.1) is 9.21 Å². The number of amides is 1. The average Bonchev–Trinajstić information content (AvgIpc) is 3.08. The summed E-state index contributed by atoms with van der Waals surface area (Å²) in [5, 5.41) is 10.7. The Morgan fingerprint density at radius 2 is 2.05 bits per heavy atom. The van der Waals surface area contributed by atoms with Crippen molar-refractivity contribution in [2.24, 2.45) is 0 Å². The Bertz CT molecular complexity index is 800. The third-order valence-electron chi connectivity index (χ3n) is 2.51. The van der Waals surface area contributed by atoms with Gasteiger partial charge in [-0.15, -0.1) is 16.4 Å². The van der Waals surface area contributed by atoms with E-state index in [2.05, 4.69) is 15.5 Å². The van der Waals surface area contributed by atoms with E-state index in [-0.39, 0.29) is 17.8 Å². The van der Waals surface area contributed by atoms with Crippen molar-refractivity contribution < 1.29 is 9.21 Å². The van der Waals surface area contributed by atoms with Crippen molar-refractivity contribution in [1.29, 1.82) is 0 Å². The monoisotopic (exact) mass is 339 g/mol. The van der Waals surface area contributed by atoms with Gasteiger partial charge in [-0.25, -0.2) is 0 Å². The van der Waals surface area contributed by atoms with Crippen LogP contribution < -0.4 is 5.32 Å². The lowest BCUT2D eigenvalue weighted by molar-refractivity contribution is 0.102. The lowest BCUT2D eigenvalue weighted by Crippen LogP contribution is -2.10. The van der Waals surface area contributed by atoms with Crippen molar-refractivity contribution >= 4 is 46.5 Å². The minimum Gasteiger partial charge on any atom is -0.403 e. The number of hydrogen-bond acceptors (Lipinski definition) is 5. The average molecular weight is 340 g/mol. The molecule has 0 aliphatic heterocycles. The van der Waals surface area contributed by atoms with Crippen LogP contribution >= 0.6 is 34.5 Å². The fourth-order valence-electron chi connectivity index (χ4n) is 1.61. The smallest absolute Gasteiger partial charge is 0.322 e. The minimum absolute atomic E-state index is 0.0134. The Balaban J connectivity index is 1.78. The van der Waals surface area contributed by atoms with E-state index in [1.54, 1.807) is 36.4 Å². The molecule has 0 radical (unpaired) electrons. The Kier molecular flexibility index (Phi) is 3.92. The van der Waals surface area contributed by atoms with E-state index in [1.165, 1.54) is 11.3 Å². The molecule has 0 atom stereocenters. The maximum atomic E-state index is 11.9. The molecule has 1 aromatic carbocycles. The Morgan fingerprint density at radius 1 is 1.19 bits per heavy atom. The molecule has 0 aliphatic carbocycles. The molecule has 0 unspecified atom stereocenters. The first kappa shape index (κ1) is 14.1. The predicted octanol–water partition coefficient (Wildman–Crippen LogP) is 4.36. The van der Waals surface area contributed by atoms with Crippen LogP contribution in [-0.4, -0.2) is 16.1 Å². The quantitative estimate of drug-likeness (QED) is 0.769. The van der Waals surface area contributed by atoms with E-state index in [1.807, 2.05) is 0 Å². The standard InChI is InChI=1S/C13H7Cl2N3O2S/c14-8-3-1-2-7(6-8)12-17-18-13(20-12)16-11(19)9-4-5-10(15)21-9/h1-6H,(H,16,18,19). The van der Waals surface area contributed by atoms with E-state index in [0.29, 0.717) is 19.8 Å². The molecule has 0 aliphatic rings. The third kappa shape index (κ3) is 3.24. The molecular weight excluding hydrogens is 333 g/mol. The maximum absolute atomic E-state index is 11.9. The largest absolute Gasteiger partial charge is 0.403 e. The number of nitrogens with one attached hydrogen (secondary N) is 1. The van der Waals surface area contributed by atoms with E-state index >= 15 is 0 Å². The molecule has 3 aromatic rings. The highest BCUT2D eigenvalue weighted by atomic mass is 35.5. The van der Waals surface area contributed by atoms with Crippen LogP contribution in [0.4, 0.5) is 6.01 Å². The lowest BCUT2D eigenvalue weighted by Gasteiger charge is -1.97. The summed E-state index contributed by atoms with van der Waals surface area (Å²) in [6.45, 7) is 0. The van der Waals surface area contributed by atoms with Crippen molar-refractivity contribution in [1.82, 2.24) is 10.2 Å². The summed E-state index contributed by atoms with van der Waals surface area (Å²) in [6.07, 6.45) is 0. The molecular formula is C13H7Cl2N3O2S. The number of thiophene rings is 1. The summed E-state index contributed by atoms with van der Waals surface area (Å²) in [5.41, 5.74) is 0.676. The van der Waals surface area contributed by atoms with Crippen molar-refractivity contribution in [3.63, 3.8) is 0 Å². The summed E-state index contributed by atoms with van der Waals surface area (Å²) >= 11 is 12.8. The highest BCUT2D eigenvalue weighted by molar-refractivity contribution is 7.18. The van der Waals surface area contributed by atoms with Gasteiger partial charge in [0.2, 0.25) is 5.89 Å². The van der Waals surface area contributed by atoms with Crippen LogP contribution in [0.2, 0.25) is 9.36 Å². The van der Waals surface area contributed by atoms with Gasteiger partial charge < -0.3 is 4.42 Å². The molecule has 0 saturated carbocycles. The summed E-state index contributed by atoms with van der Waals surface area (Å²) in [7, 11) is 0. The van der Waals surface area contributed by atoms with Gasteiger partial charge in [0.1, 0.15) is 0 Å². The van der Waals surface area contributed by atoms with E-state index in [4.69, 9.17) is 27.6 Å². The number of benzene rings is 1. The van der Waals surface area contributed by atoms with Crippen LogP contribution in [0.25, 0.3) is 11.5 Å². The van der Waals surface area contributed by atoms with E-state index < -0.39 is 0 Å². The van der Waals surface area contributed by atoms with Crippen molar-refractivity contribution in [3.8, 4) is 11.5 Å². The maximum Gasteiger partial charge on any atom is 0.322 e. The van der Waals surface area contributed by atoms with Crippen molar-refractivity contribution in [2.45, 2.75) is 0 Å². The number of aromatic nitrogens is 2. The fourth-order valence-corrected chi connectivity index (χ4v) is 2.74. The first-order valence-electron chi connectivity index (χ1n) is 5.78. The van der Waals surface area contributed by atoms with Crippen LogP contribution in [-0.2, 0) is 0 Å². The van der Waals surface area contributed by atoms with Gasteiger partial charge in [-0.3, -0.25) is 10.1 Å². The van der Waals surface area contributed by atoms with Gasteiger partial charge >= 0.3 is 6.01 Å². The summed E-state index contributed by atoms with van der Waals surface area (Å²) in [4.78, 5) is 12.4. The zero-order valence-electron chi connectivity index (χ0n) is 10.3. The van der Waals surface area contributed by atoms with Crippen LogP contribution in [0.3, 0.4) is 0 Å². The highest BCUT2D eigenvalue weighted by Crippen LogP contribution is 2.24. The second-order valence-corrected chi connectivity index (χ2v) is 6.13. The van der Waals surface area contributed by atoms with Gasteiger partial charge in [0.15, 0.2) is 0 Å². The molecule has 8 heteroatoms. The van der Waals surface area contributed by atoms with Crippen LogP contribution in [0.15, 0.2) is 40.8 Å². The van der Waals surface area contributed by atoms with Gasteiger partial charge in [-0.2, -0.15) is 0 Å². The molecule has 5 nitrogen and oxygen atoms in total. The Labute approximate surface area is 133 Å². The summed E-state index contributed by atoms with van der Waals surface area (Å²) in [6, 6.07) is 10.3. The Hall–Kier alpha value is -1.89. The van der Waals surface area contributed by atoms with Crippen LogP contribution in [0.1, 0.15) is 9.67 Å². The number of nitrogens with zero attached hydrogens (tertiary/aromatic N) is 2. The SMILES string of the molecule is O=C(Nc1nnc(-c2cccc(Cl)c2)o1)c1ccc(Cl)s1. The predicted molar refractivity (Wildman–Crippen MR) is 82.0 cm³/mol.